The van der Waals surface area contributed by atoms with Crippen molar-refractivity contribution in [3.05, 3.63) is 70.8 Å². The third kappa shape index (κ3) is 4.89. The van der Waals surface area contributed by atoms with Crippen molar-refractivity contribution < 1.29 is 14.3 Å². The minimum Gasteiger partial charge on any atom is -0.496 e. The molecule has 0 aliphatic heterocycles. The number of ketones is 1. The lowest BCUT2D eigenvalue weighted by Crippen LogP contribution is -2.21. The lowest BCUT2D eigenvalue weighted by Gasteiger charge is -2.24. The number of hydrogen-bond acceptors (Lipinski definition) is 3. The molecule has 0 aliphatic carbocycles. The first-order valence-corrected chi connectivity index (χ1v) is 9.42. The van der Waals surface area contributed by atoms with Gasteiger partial charge in [-0.25, -0.2) is 0 Å². The molecule has 0 saturated carbocycles. The number of amides is 1. The Balaban J connectivity index is 2.26. The number of rotatable bonds is 7. The van der Waals surface area contributed by atoms with Gasteiger partial charge in [0.2, 0.25) is 0 Å². The molecule has 0 N–H and O–H groups in total. The van der Waals surface area contributed by atoms with Gasteiger partial charge in [0, 0.05) is 30.8 Å². The topological polar surface area (TPSA) is 46.6 Å². The Labute approximate surface area is 167 Å². The summed E-state index contributed by atoms with van der Waals surface area (Å²) in [4.78, 5) is 26.0. The van der Waals surface area contributed by atoms with Gasteiger partial charge in [-0.15, -0.1) is 0 Å². The first-order valence-electron chi connectivity index (χ1n) is 9.42. The van der Waals surface area contributed by atoms with E-state index in [9.17, 15) is 9.59 Å². The summed E-state index contributed by atoms with van der Waals surface area (Å²) in [5.41, 5.74) is 3.22. The van der Waals surface area contributed by atoms with Crippen molar-refractivity contribution in [2.75, 3.05) is 21.2 Å². The second-order valence-corrected chi connectivity index (χ2v) is 7.67. The van der Waals surface area contributed by atoms with E-state index in [0.717, 1.165) is 17.7 Å². The van der Waals surface area contributed by atoms with E-state index < -0.39 is 0 Å². The SMILES string of the molecule is CCC(C)(C)c1ccc(OC)c(/C=C/C(=O)c2ccc(C(=O)N(C)C)cc2)c1. The number of carbonyl (C=O) groups excluding carboxylic acids is 2. The van der Waals surface area contributed by atoms with Gasteiger partial charge in [0.25, 0.3) is 5.91 Å². The van der Waals surface area contributed by atoms with Gasteiger partial charge in [-0.3, -0.25) is 9.59 Å². The van der Waals surface area contributed by atoms with Gasteiger partial charge in [-0.05, 0) is 53.8 Å². The fourth-order valence-electron chi connectivity index (χ4n) is 2.79. The van der Waals surface area contributed by atoms with E-state index >= 15 is 0 Å². The van der Waals surface area contributed by atoms with Gasteiger partial charge in [0.15, 0.2) is 5.78 Å². The standard InChI is InChI=1S/C24H29NO3/c1-7-24(2,3)20-13-15-22(28-6)19(16-20)12-14-21(26)17-8-10-18(11-9-17)23(27)25(4)5/h8-16H,7H2,1-6H3/b14-12+. The van der Waals surface area contributed by atoms with E-state index in [4.69, 9.17) is 4.74 Å². The van der Waals surface area contributed by atoms with Crippen LogP contribution in [0.4, 0.5) is 0 Å². The van der Waals surface area contributed by atoms with Crippen LogP contribution >= 0.6 is 0 Å². The van der Waals surface area contributed by atoms with E-state index in [1.54, 1.807) is 57.6 Å². The Morgan fingerprint density at radius 3 is 2.18 bits per heavy atom. The average Bonchev–Trinajstić information content (AvgIpc) is 2.71. The van der Waals surface area contributed by atoms with E-state index in [-0.39, 0.29) is 17.1 Å². The molecule has 0 heterocycles. The van der Waals surface area contributed by atoms with Crippen molar-refractivity contribution in [1.82, 2.24) is 4.90 Å². The summed E-state index contributed by atoms with van der Waals surface area (Å²) >= 11 is 0. The van der Waals surface area contributed by atoms with Crippen molar-refractivity contribution in [3.8, 4) is 5.75 Å². The monoisotopic (exact) mass is 379 g/mol. The quantitative estimate of drug-likeness (QED) is 0.503. The molecule has 0 aromatic heterocycles. The molecule has 2 rings (SSSR count). The van der Waals surface area contributed by atoms with Gasteiger partial charge in [-0.1, -0.05) is 39.0 Å². The first kappa shape index (κ1) is 21.4. The highest BCUT2D eigenvalue weighted by atomic mass is 16.5. The average molecular weight is 380 g/mol. The molecule has 4 nitrogen and oxygen atoms in total. The fraction of sp³-hybridized carbons (Fsp3) is 0.333. The number of hydrogen-bond donors (Lipinski definition) is 0. The molecule has 0 bridgehead atoms. The van der Waals surface area contributed by atoms with Crippen LogP contribution < -0.4 is 4.74 Å². The summed E-state index contributed by atoms with van der Waals surface area (Å²) in [6.45, 7) is 6.56. The van der Waals surface area contributed by atoms with Crippen molar-refractivity contribution in [1.29, 1.82) is 0 Å². The van der Waals surface area contributed by atoms with Crippen LogP contribution in [0.1, 0.15) is 59.0 Å². The van der Waals surface area contributed by atoms with Crippen LogP contribution in [-0.4, -0.2) is 37.8 Å². The summed E-state index contributed by atoms with van der Waals surface area (Å²) < 4.78 is 5.44. The highest BCUT2D eigenvalue weighted by molar-refractivity contribution is 6.07. The zero-order chi connectivity index (χ0) is 20.9. The van der Waals surface area contributed by atoms with Crippen LogP contribution in [0.15, 0.2) is 48.5 Å². The molecule has 4 heteroatoms. The summed E-state index contributed by atoms with van der Waals surface area (Å²) in [6, 6.07) is 12.8. The molecule has 0 saturated heterocycles. The maximum absolute atomic E-state index is 12.5. The summed E-state index contributed by atoms with van der Waals surface area (Å²) in [7, 11) is 5.02. The molecule has 1 amide bonds. The van der Waals surface area contributed by atoms with Crippen molar-refractivity contribution in [2.45, 2.75) is 32.6 Å². The normalized spacial score (nSPS) is 11.5. The van der Waals surface area contributed by atoms with E-state index in [1.165, 1.54) is 10.5 Å². The number of nitrogens with zero attached hydrogens (tertiary/aromatic N) is 1. The second-order valence-electron chi connectivity index (χ2n) is 7.67. The Morgan fingerprint density at radius 2 is 1.64 bits per heavy atom. The smallest absolute Gasteiger partial charge is 0.253 e. The second kappa shape index (κ2) is 8.87. The minimum atomic E-state index is -0.119. The molecular formula is C24H29NO3. The van der Waals surface area contributed by atoms with Crippen LogP contribution in [-0.2, 0) is 5.41 Å². The maximum Gasteiger partial charge on any atom is 0.253 e. The van der Waals surface area contributed by atoms with Gasteiger partial charge in [-0.2, -0.15) is 0 Å². The molecule has 2 aromatic rings. The molecular weight excluding hydrogens is 350 g/mol. The number of ether oxygens (including phenoxy) is 1. The van der Waals surface area contributed by atoms with Gasteiger partial charge in [0.05, 0.1) is 7.11 Å². The fourth-order valence-corrected chi connectivity index (χ4v) is 2.79. The van der Waals surface area contributed by atoms with Gasteiger partial charge in [0.1, 0.15) is 5.75 Å². The first-order chi connectivity index (χ1) is 13.2. The number of methoxy groups -OCH3 is 1. The Hall–Kier alpha value is -2.88. The zero-order valence-electron chi connectivity index (χ0n) is 17.6. The van der Waals surface area contributed by atoms with Gasteiger partial charge < -0.3 is 9.64 Å². The minimum absolute atomic E-state index is 0.0493. The molecule has 0 radical (unpaired) electrons. The molecule has 0 spiro atoms. The van der Waals surface area contributed by atoms with Crippen LogP contribution in [0, 0.1) is 0 Å². The number of carbonyl (C=O) groups is 2. The van der Waals surface area contributed by atoms with Gasteiger partial charge >= 0.3 is 0 Å². The predicted molar refractivity (Wildman–Crippen MR) is 114 cm³/mol. The number of benzene rings is 2. The summed E-state index contributed by atoms with van der Waals surface area (Å²) in [5, 5.41) is 0. The summed E-state index contributed by atoms with van der Waals surface area (Å²) in [5.74, 6) is 0.521. The van der Waals surface area contributed by atoms with E-state index in [0.29, 0.717) is 11.1 Å². The predicted octanol–water partition coefficient (Wildman–Crippen LogP) is 4.98. The van der Waals surface area contributed by atoms with Crippen LogP contribution in [0.3, 0.4) is 0 Å². The lowest BCUT2D eigenvalue weighted by molar-refractivity contribution is 0.0827. The highest BCUT2D eigenvalue weighted by Gasteiger charge is 2.19. The lowest BCUT2D eigenvalue weighted by atomic mass is 9.81. The van der Waals surface area contributed by atoms with Crippen molar-refractivity contribution in [3.63, 3.8) is 0 Å². The molecule has 0 atom stereocenters. The number of allylic oxidation sites excluding steroid dienone is 1. The molecule has 2 aromatic carbocycles. The third-order valence-corrected chi connectivity index (χ3v) is 5.13. The van der Waals surface area contributed by atoms with Crippen LogP contribution in [0.5, 0.6) is 5.75 Å². The molecule has 0 fully saturated rings. The van der Waals surface area contributed by atoms with E-state index in [1.807, 2.05) is 6.07 Å². The largest absolute Gasteiger partial charge is 0.496 e. The third-order valence-electron chi connectivity index (χ3n) is 5.13. The van der Waals surface area contributed by atoms with Crippen molar-refractivity contribution in [2.24, 2.45) is 0 Å². The van der Waals surface area contributed by atoms with Crippen molar-refractivity contribution >= 4 is 17.8 Å². The highest BCUT2D eigenvalue weighted by Crippen LogP contribution is 2.31. The van der Waals surface area contributed by atoms with E-state index in [2.05, 4.69) is 32.9 Å². The molecule has 0 unspecified atom stereocenters. The molecule has 148 valence electrons. The summed E-state index contributed by atoms with van der Waals surface area (Å²) in [6.07, 6.45) is 4.35. The molecule has 28 heavy (non-hydrogen) atoms. The Kier molecular flexibility index (Phi) is 6.79. The molecule has 0 aliphatic rings. The Bertz CT molecular complexity index is 877. The Morgan fingerprint density at radius 1 is 1.04 bits per heavy atom. The van der Waals surface area contributed by atoms with Crippen LogP contribution in [0.2, 0.25) is 0 Å². The zero-order valence-corrected chi connectivity index (χ0v) is 17.6. The van der Waals surface area contributed by atoms with Crippen LogP contribution in [0.25, 0.3) is 6.08 Å². The maximum atomic E-state index is 12.5.